The highest BCUT2D eigenvalue weighted by Gasteiger charge is 2.44. The van der Waals surface area contributed by atoms with Crippen LogP contribution < -0.4 is 0 Å². The quantitative estimate of drug-likeness (QED) is 0.723. The topological polar surface area (TPSA) is 40.6 Å². The molecule has 0 N–H and O–H groups in total. The molecule has 0 aromatic heterocycles. The summed E-state index contributed by atoms with van der Waals surface area (Å²) in [5.41, 5.74) is 0. The van der Waals surface area contributed by atoms with E-state index in [9.17, 15) is 9.59 Å². The summed E-state index contributed by atoms with van der Waals surface area (Å²) in [6.07, 6.45) is 16.7. The van der Waals surface area contributed by atoms with Gasteiger partial charge in [-0.25, -0.2) is 0 Å². The molecule has 0 radical (unpaired) electrons. The fourth-order valence-corrected chi connectivity index (χ4v) is 5.16. The first-order chi connectivity index (χ1) is 12.2. The monoisotopic (exact) mass is 342 g/mol. The van der Waals surface area contributed by atoms with E-state index in [-0.39, 0.29) is 17.9 Å². The lowest BCUT2D eigenvalue weighted by Crippen LogP contribution is -2.50. The molecular formula is C21H30N2O2. The fourth-order valence-electron chi connectivity index (χ4n) is 5.16. The van der Waals surface area contributed by atoms with E-state index in [0.29, 0.717) is 17.7 Å². The number of hydrogen-bond donors (Lipinski definition) is 0. The highest BCUT2D eigenvalue weighted by Crippen LogP contribution is 2.34. The Morgan fingerprint density at radius 2 is 1.48 bits per heavy atom. The summed E-state index contributed by atoms with van der Waals surface area (Å²) in [7, 11) is 0. The molecule has 136 valence electrons. The van der Waals surface area contributed by atoms with Crippen molar-refractivity contribution in [2.75, 3.05) is 19.6 Å². The molecular weight excluding hydrogens is 312 g/mol. The molecule has 0 spiro atoms. The van der Waals surface area contributed by atoms with E-state index in [1.165, 1.54) is 0 Å². The minimum absolute atomic E-state index is 0.164. The Labute approximate surface area is 150 Å². The van der Waals surface area contributed by atoms with Crippen molar-refractivity contribution in [2.45, 2.75) is 57.4 Å². The van der Waals surface area contributed by atoms with Crippen LogP contribution in [0.3, 0.4) is 0 Å². The number of hydrogen-bond acceptors (Lipinski definition) is 2. The molecule has 4 atom stereocenters. The predicted octanol–water partition coefficient (Wildman–Crippen LogP) is 3.15. The normalized spacial score (nSPS) is 34.9. The second-order valence-corrected chi connectivity index (χ2v) is 8.21. The van der Waals surface area contributed by atoms with Crippen LogP contribution in [0.1, 0.15) is 51.4 Å². The summed E-state index contributed by atoms with van der Waals surface area (Å²) in [4.78, 5) is 30.2. The molecule has 2 heterocycles. The third kappa shape index (κ3) is 3.40. The summed E-state index contributed by atoms with van der Waals surface area (Å²) in [6, 6.07) is 0.259. The molecule has 2 fully saturated rings. The zero-order chi connectivity index (χ0) is 17.2. The molecule has 4 nitrogen and oxygen atoms in total. The molecule has 4 aliphatic rings. The number of allylic oxidation sites excluding steroid dienone is 4. The van der Waals surface area contributed by atoms with Gasteiger partial charge in [-0.1, -0.05) is 24.3 Å². The average Bonchev–Trinajstić information content (AvgIpc) is 3.12. The van der Waals surface area contributed by atoms with Crippen LogP contribution >= 0.6 is 0 Å². The number of likely N-dealkylation sites (tertiary alicyclic amines) is 2. The molecule has 4 heteroatoms. The number of fused-ring (bicyclic) bond motifs is 1. The highest BCUT2D eigenvalue weighted by atomic mass is 16.2. The first kappa shape index (κ1) is 16.9. The van der Waals surface area contributed by atoms with E-state index in [2.05, 4.69) is 34.1 Å². The van der Waals surface area contributed by atoms with Crippen molar-refractivity contribution in [3.63, 3.8) is 0 Å². The van der Waals surface area contributed by atoms with Crippen molar-refractivity contribution in [3.05, 3.63) is 24.3 Å². The Morgan fingerprint density at radius 1 is 0.800 bits per heavy atom. The van der Waals surface area contributed by atoms with Crippen LogP contribution in [-0.4, -0.2) is 47.3 Å². The summed E-state index contributed by atoms with van der Waals surface area (Å²) >= 11 is 0. The molecule has 0 aromatic rings. The van der Waals surface area contributed by atoms with Gasteiger partial charge in [0.05, 0.1) is 6.04 Å². The number of nitrogens with zero attached hydrogens (tertiary/aromatic N) is 2. The van der Waals surface area contributed by atoms with Gasteiger partial charge in [0.1, 0.15) is 0 Å². The highest BCUT2D eigenvalue weighted by molar-refractivity contribution is 5.81. The number of rotatable bonds is 2. The van der Waals surface area contributed by atoms with Crippen LogP contribution in [0.4, 0.5) is 0 Å². The second-order valence-electron chi connectivity index (χ2n) is 8.21. The van der Waals surface area contributed by atoms with Gasteiger partial charge in [-0.15, -0.1) is 0 Å². The molecule has 2 aliphatic heterocycles. The Balaban J connectivity index is 1.43. The third-order valence-corrected chi connectivity index (χ3v) is 6.61. The van der Waals surface area contributed by atoms with Gasteiger partial charge in [0.15, 0.2) is 0 Å². The molecule has 2 saturated heterocycles. The molecule has 2 amide bonds. The smallest absolute Gasteiger partial charge is 0.226 e. The van der Waals surface area contributed by atoms with Crippen molar-refractivity contribution in [2.24, 2.45) is 17.8 Å². The minimum Gasteiger partial charge on any atom is -0.340 e. The van der Waals surface area contributed by atoms with Crippen molar-refractivity contribution in [1.82, 2.24) is 9.80 Å². The third-order valence-electron chi connectivity index (χ3n) is 6.61. The van der Waals surface area contributed by atoms with E-state index in [1.54, 1.807) is 0 Å². The maximum absolute atomic E-state index is 13.1. The molecule has 0 unspecified atom stereocenters. The van der Waals surface area contributed by atoms with Crippen LogP contribution in [0.2, 0.25) is 0 Å². The first-order valence-corrected chi connectivity index (χ1v) is 10.1. The number of piperidine rings is 1. The number of carbonyl (C=O) groups is 2. The van der Waals surface area contributed by atoms with Crippen molar-refractivity contribution >= 4 is 11.8 Å². The Kier molecular flexibility index (Phi) is 4.96. The lowest BCUT2D eigenvalue weighted by atomic mass is 9.88. The van der Waals surface area contributed by atoms with Crippen LogP contribution in [0.25, 0.3) is 0 Å². The van der Waals surface area contributed by atoms with Gasteiger partial charge in [-0.3, -0.25) is 9.59 Å². The van der Waals surface area contributed by atoms with Gasteiger partial charge in [-0.05, 0) is 57.3 Å². The summed E-state index contributed by atoms with van der Waals surface area (Å²) < 4.78 is 0. The zero-order valence-corrected chi connectivity index (χ0v) is 15.1. The van der Waals surface area contributed by atoms with E-state index in [1.807, 2.05) is 0 Å². The van der Waals surface area contributed by atoms with Crippen LogP contribution in [0.15, 0.2) is 24.3 Å². The second kappa shape index (κ2) is 7.35. The standard InChI is InChI=1S/C21H30N2O2/c24-20(16-8-3-1-4-9-16)22-14-18-12-7-13-23(19(18)15-22)21(25)17-10-5-2-6-11-17/h1-3,5,16-19H,4,6-15H2/t16-,17+,18-,19+/m0/s1. The van der Waals surface area contributed by atoms with Gasteiger partial charge < -0.3 is 9.80 Å². The number of carbonyl (C=O) groups excluding carboxylic acids is 2. The Bertz CT molecular complexity index is 582. The van der Waals surface area contributed by atoms with Crippen LogP contribution in [-0.2, 0) is 9.59 Å². The van der Waals surface area contributed by atoms with Gasteiger partial charge in [0, 0.05) is 31.5 Å². The van der Waals surface area contributed by atoms with Crippen molar-refractivity contribution in [3.8, 4) is 0 Å². The molecule has 0 saturated carbocycles. The lowest BCUT2D eigenvalue weighted by Gasteiger charge is -2.39. The summed E-state index contributed by atoms with van der Waals surface area (Å²) in [6.45, 7) is 2.50. The molecule has 0 bridgehead atoms. The fraction of sp³-hybridized carbons (Fsp3) is 0.714. The lowest BCUT2D eigenvalue weighted by molar-refractivity contribution is -0.141. The summed E-state index contributed by atoms with van der Waals surface area (Å²) in [5, 5.41) is 0. The average molecular weight is 342 g/mol. The van der Waals surface area contributed by atoms with E-state index < -0.39 is 0 Å². The Hall–Kier alpha value is -1.58. The first-order valence-electron chi connectivity index (χ1n) is 10.1. The van der Waals surface area contributed by atoms with E-state index in [4.69, 9.17) is 0 Å². The van der Waals surface area contributed by atoms with Crippen molar-refractivity contribution < 1.29 is 9.59 Å². The molecule has 0 aromatic carbocycles. The molecule has 4 rings (SSSR count). The maximum atomic E-state index is 13.1. The van der Waals surface area contributed by atoms with E-state index >= 15 is 0 Å². The largest absolute Gasteiger partial charge is 0.340 e. The van der Waals surface area contributed by atoms with Gasteiger partial charge in [0.25, 0.3) is 0 Å². The van der Waals surface area contributed by atoms with Crippen molar-refractivity contribution in [1.29, 1.82) is 0 Å². The predicted molar refractivity (Wildman–Crippen MR) is 97.8 cm³/mol. The minimum atomic E-state index is 0.164. The number of amides is 2. The van der Waals surface area contributed by atoms with Crippen LogP contribution in [0.5, 0.6) is 0 Å². The van der Waals surface area contributed by atoms with Gasteiger partial charge >= 0.3 is 0 Å². The molecule has 2 aliphatic carbocycles. The summed E-state index contributed by atoms with van der Waals surface area (Å²) in [5.74, 6) is 1.48. The maximum Gasteiger partial charge on any atom is 0.226 e. The zero-order valence-electron chi connectivity index (χ0n) is 15.1. The van der Waals surface area contributed by atoms with Gasteiger partial charge in [0.2, 0.25) is 11.8 Å². The van der Waals surface area contributed by atoms with Gasteiger partial charge in [-0.2, -0.15) is 0 Å². The molecule has 25 heavy (non-hydrogen) atoms. The van der Waals surface area contributed by atoms with E-state index in [0.717, 1.165) is 71.0 Å². The Morgan fingerprint density at radius 3 is 2.12 bits per heavy atom. The SMILES string of the molecule is O=C([C@H]1CC=CCC1)N1C[C@@H]2CCCN(C(=O)[C@@H]3CC=CCC3)[C@@H]2C1. The van der Waals surface area contributed by atoms with Crippen LogP contribution in [0, 0.1) is 17.8 Å².